The van der Waals surface area contributed by atoms with Gasteiger partial charge in [-0.1, -0.05) is 18.2 Å². The van der Waals surface area contributed by atoms with Gasteiger partial charge in [0.25, 0.3) is 0 Å². The Morgan fingerprint density at radius 3 is 2.53 bits per heavy atom. The van der Waals surface area contributed by atoms with Crippen LogP contribution >= 0.6 is 0 Å². The highest BCUT2D eigenvalue weighted by molar-refractivity contribution is 7.87. The fraction of sp³-hybridized carbons (Fsp3) is 0.533. The Bertz CT molecular complexity index is 491. The fourth-order valence-corrected chi connectivity index (χ4v) is 3.61. The van der Waals surface area contributed by atoms with Crippen molar-refractivity contribution in [2.75, 3.05) is 6.61 Å². The lowest BCUT2D eigenvalue weighted by Gasteiger charge is -2.24. The molecule has 0 aromatic heterocycles. The molecule has 0 amide bonds. The number of hydrogen-bond acceptors (Lipinski definition) is 3. The van der Waals surface area contributed by atoms with Crippen LogP contribution in [0.2, 0.25) is 0 Å². The second kappa shape index (κ2) is 5.45. The van der Waals surface area contributed by atoms with Crippen molar-refractivity contribution in [3.8, 4) is 0 Å². The average molecular weight is 279 g/mol. The van der Waals surface area contributed by atoms with Crippen LogP contribution in [0.4, 0.5) is 0 Å². The van der Waals surface area contributed by atoms with E-state index in [0.29, 0.717) is 12.5 Å². The predicted molar refractivity (Wildman–Crippen MR) is 80.1 cm³/mol. The number of rotatable bonds is 3. The summed E-state index contributed by atoms with van der Waals surface area (Å²) in [5.41, 5.74) is 0.985. The van der Waals surface area contributed by atoms with E-state index in [1.165, 1.54) is 0 Å². The number of benzene rings is 1. The molecule has 4 heteroatoms. The summed E-state index contributed by atoms with van der Waals surface area (Å²) in [5.74, 6) is 0.670. The molecule has 0 radical (unpaired) electrons. The molecule has 1 aliphatic heterocycles. The molecule has 0 N–H and O–H groups in total. The van der Waals surface area contributed by atoms with E-state index in [0.717, 1.165) is 5.56 Å². The molecule has 1 heterocycles. The molecule has 0 aliphatic carbocycles. The van der Waals surface area contributed by atoms with Crippen molar-refractivity contribution in [2.45, 2.75) is 43.7 Å². The largest absolute Gasteiger partial charge is 0.475 e. The van der Waals surface area contributed by atoms with E-state index in [1.807, 2.05) is 58.0 Å². The summed E-state index contributed by atoms with van der Waals surface area (Å²) in [6.45, 7) is 8.51. The van der Waals surface area contributed by atoms with Crippen molar-refractivity contribution in [1.29, 1.82) is 0 Å². The normalized spacial score (nSPS) is 22.5. The zero-order chi connectivity index (χ0) is 14.0. The Labute approximate surface area is 117 Å². The number of hydrogen-bond donors (Lipinski definition) is 0. The van der Waals surface area contributed by atoms with Crippen molar-refractivity contribution >= 4 is 16.7 Å². The van der Waals surface area contributed by atoms with Gasteiger partial charge < -0.3 is 4.74 Å². The zero-order valence-electron chi connectivity index (χ0n) is 11.9. The molecular weight excluding hydrogens is 258 g/mol. The lowest BCUT2D eigenvalue weighted by atomic mass is 10.2. The number of nitrogens with zero attached hydrogens (tertiary/aromatic N) is 1. The third-order valence-electron chi connectivity index (χ3n) is 3.18. The third kappa shape index (κ3) is 3.24. The molecule has 0 saturated carbocycles. The molecule has 1 unspecified atom stereocenters. The molecule has 3 atom stereocenters. The molecule has 19 heavy (non-hydrogen) atoms. The molecular formula is C15H21NO2S. The Kier molecular flexibility index (Phi) is 4.09. The molecule has 1 aromatic rings. The summed E-state index contributed by atoms with van der Waals surface area (Å²) in [6.07, 6.45) is 0. The van der Waals surface area contributed by atoms with Gasteiger partial charge in [0, 0.05) is 21.1 Å². The minimum atomic E-state index is -0.930. The average Bonchev–Trinajstić information content (AvgIpc) is 2.86. The van der Waals surface area contributed by atoms with E-state index in [9.17, 15) is 4.21 Å². The van der Waals surface area contributed by atoms with Gasteiger partial charge in [0.1, 0.15) is 12.6 Å². The highest BCUT2D eigenvalue weighted by Crippen LogP contribution is 2.23. The van der Waals surface area contributed by atoms with Gasteiger partial charge in [-0.15, -0.1) is 0 Å². The maximum Gasteiger partial charge on any atom is 0.216 e. The van der Waals surface area contributed by atoms with Gasteiger partial charge in [0.05, 0.1) is 5.25 Å². The van der Waals surface area contributed by atoms with Crippen LogP contribution in [0.5, 0.6) is 0 Å². The Morgan fingerprint density at radius 1 is 1.32 bits per heavy atom. The molecule has 1 aromatic carbocycles. The van der Waals surface area contributed by atoms with Gasteiger partial charge >= 0.3 is 0 Å². The maximum atomic E-state index is 12.4. The second-order valence-electron chi connectivity index (χ2n) is 5.79. The first-order valence-electron chi connectivity index (χ1n) is 6.56. The monoisotopic (exact) mass is 279 g/mol. The maximum absolute atomic E-state index is 12.4. The van der Waals surface area contributed by atoms with E-state index in [-0.39, 0.29) is 16.0 Å². The van der Waals surface area contributed by atoms with Crippen molar-refractivity contribution in [3.05, 3.63) is 35.9 Å². The van der Waals surface area contributed by atoms with E-state index in [4.69, 9.17) is 4.74 Å². The van der Waals surface area contributed by atoms with Gasteiger partial charge in [0.2, 0.25) is 5.90 Å². The lowest BCUT2D eigenvalue weighted by Crippen LogP contribution is -2.37. The van der Waals surface area contributed by atoms with Crippen molar-refractivity contribution < 1.29 is 8.95 Å². The first-order valence-corrected chi connectivity index (χ1v) is 7.77. The van der Waals surface area contributed by atoms with Gasteiger partial charge in [-0.05, 0) is 39.8 Å². The fourth-order valence-electron chi connectivity index (χ4n) is 2.07. The Hall–Kier alpha value is -1.16. The first-order chi connectivity index (χ1) is 8.89. The molecule has 3 nitrogen and oxygen atoms in total. The Morgan fingerprint density at radius 2 is 1.95 bits per heavy atom. The summed E-state index contributed by atoms with van der Waals surface area (Å²) >= 11 is 0. The van der Waals surface area contributed by atoms with E-state index < -0.39 is 10.8 Å². The molecule has 2 rings (SSSR count). The summed E-state index contributed by atoms with van der Waals surface area (Å²) in [4.78, 5) is 4.59. The van der Waals surface area contributed by atoms with Crippen LogP contribution in [-0.2, 0) is 15.5 Å². The number of ether oxygens (including phenoxy) is 1. The highest BCUT2D eigenvalue weighted by Gasteiger charge is 2.34. The molecule has 0 fully saturated rings. The standard InChI is InChI=1S/C15H21NO2S/c1-11(19(17)15(2,3)4)13-10-18-14(16-13)12-8-6-5-7-9-12/h5-9,11,13H,10H2,1-4H3/t11-,13+,19?/m0/s1. The van der Waals surface area contributed by atoms with Crippen LogP contribution < -0.4 is 0 Å². The van der Waals surface area contributed by atoms with E-state index in [2.05, 4.69) is 4.99 Å². The smallest absolute Gasteiger partial charge is 0.216 e. The molecule has 104 valence electrons. The minimum absolute atomic E-state index is 0.00112. The van der Waals surface area contributed by atoms with Gasteiger partial charge in [-0.3, -0.25) is 4.21 Å². The Balaban J connectivity index is 2.13. The number of aliphatic imine (C=N–C) groups is 1. The van der Waals surface area contributed by atoms with E-state index >= 15 is 0 Å². The highest BCUT2D eigenvalue weighted by atomic mass is 32.2. The molecule has 0 bridgehead atoms. The van der Waals surface area contributed by atoms with Crippen LogP contribution in [0.15, 0.2) is 35.3 Å². The molecule has 0 spiro atoms. The predicted octanol–water partition coefficient (Wildman–Crippen LogP) is 2.77. The van der Waals surface area contributed by atoms with Gasteiger partial charge in [-0.2, -0.15) is 0 Å². The van der Waals surface area contributed by atoms with Crippen LogP contribution in [0.3, 0.4) is 0 Å². The van der Waals surface area contributed by atoms with Crippen LogP contribution in [0.25, 0.3) is 0 Å². The summed E-state index contributed by atoms with van der Waals surface area (Å²) in [6, 6.07) is 9.83. The van der Waals surface area contributed by atoms with Gasteiger partial charge in [-0.25, -0.2) is 4.99 Å². The quantitative estimate of drug-likeness (QED) is 0.853. The van der Waals surface area contributed by atoms with Gasteiger partial charge in [0.15, 0.2) is 0 Å². The van der Waals surface area contributed by atoms with Crippen molar-refractivity contribution in [1.82, 2.24) is 0 Å². The first kappa shape index (κ1) is 14.3. The minimum Gasteiger partial charge on any atom is -0.475 e. The van der Waals surface area contributed by atoms with Crippen LogP contribution in [-0.4, -0.2) is 32.8 Å². The second-order valence-corrected chi connectivity index (χ2v) is 8.36. The lowest BCUT2D eigenvalue weighted by molar-refractivity contribution is 0.316. The van der Waals surface area contributed by atoms with Crippen molar-refractivity contribution in [3.63, 3.8) is 0 Å². The third-order valence-corrected chi connectivity index (χ3v) is 5.37. The molecule has 1 aliphatic rings. The molecule has 0 saturated heterocycles. The summed E-state index contributed by atoms with van der Waals surface area (Å²) < 4.78 is 17.8. The van der Waals surface area contributed by atoms with E-state index in [1.54, 1.807) is 0 Å². The zero-order valence-corrected chi connectivity index (χ0v) is 12.7. The summed E-state index contributed by atoms with van der Waals surface area (Å²) in [7, 11) is -0.930. The van der Waals surface area contributed by atoms with Crippen LogP contribution in [0.1, 0.15) is 33.3 Å². The topological polar surface area (TPSA) is 38.7 Å². The van der Waals surface area contributed by atoms with Crippen LogP contribution in [0, 0.1) is 0 Å². The van der Waals surface area contributed by atoms with Crippen molar-refractivity contribution in [2.24, 2.45) is 4.99 Å². The summed E-state index contributed by atoms with van der Waals surface area (Å²) in [5, 5.41) is 0.00112. The SMILES string of the molecule is C[C@@H]([C@H]1COC(c2ccccc2)=N1)S(=O)C(C)(C)C.